The smallest absolute Gasteiger partial charge is 0.180 e. The topological polar surface area (TPSA) is 48.1 Å². The molecule has 0 spiro atoms. The number of hydrogen-bond donors (Lipinski definition) is 1. The van der Waals surface area contributed by atoms with Gasteiger partial charge in [-0.2, -0.15) is 0 Å². The highest BCUT2D eigenvalue weighted by atomic mass is 32.1. The molecule has 0 bridgehead atoms. The molecule has 126 valence electrons. The first-order valence-electron chi connectivity index (χ1n) is 8.35. The van der Waals surface area contributed by atoms with E-state index in [1.54, 1.807) is 7.11 Å². The summed E-state index contributed by atoms with van der Waals surface area (Å²) in [5.74, 6) is 1.53. The predicted octanol–water partition coefficient (Wildman–Crippen LogP) is 4.97. The number of nitrogen functional groups attached to an aromatic ring is 1. The Morgan fingerprint density at radius 2 is 1.84 bits per heavy atom. The Morgan fingerprint density at radius 1 is 1.12 bits per heavy atom. The molecular formula is C21H20N2OS. The van der Waals surface area contributed by atoms with Gasteiger partial charge < -0.3 is 10.5 Å². The Balaban J connectivity index is 1.66. The van der Waals surface area contributed by atoms with Crippen molar-refractivity contribution in [2.24, 2.45) is 5.92 Å². The fourth-order valence-electron chi connectivity index (χ4n) is 3.45. The predicted molar refractivity (Wildman–Crippen MR) is 104 cm³/mol. The molecule has 4 rings (SSSR count). The zero-order valence-corrected chi connectivity index (χ0v) is 14.9. The Kier molecular flexibility index (Phi) is 4.28. The lowest BCUT2D eigenvalue weighted by Gasteiger charge is -2.32. The molecule has 3 nitrogen and oxygen atoms in total. The molecule has 1 heterocycles. The minimum atomic E-state index is 0.229. The SMILES string of the molecule is COc1ccc(C(c2csc(N)n2)C2C=C(c3ccccc3)C2)cc1. The Hall–Kier alpha value is -2.59. The van der Waals surface area contributed by atoms with Gasteiger partial charge in [0.25, 0.3) is 0 Å². The molecule has 1 aliphatic rings. The van der Waals surface area contributed by atoms with Crippen molar-refractivity contribution in [1.82, 2.24) is 4.98 Å². The molecule has 25 heavy (non-hydrogen) atoms. The quantitative estimate of drug-likeness (QED) is 0.708. The van der Waals surface area contributed by atoms with Gasteiger partial charge in [-0.1, -0.05) is 48.5 Å². The summed E-state index contributed by atoms with van der Waals surface area (Å²) < 4.78 is 5.29. The Labute approximate surface area is 151 Å². The van der Waals surface area contributed by atoms with Crippen molar-refractivity contribution in [3.8, 4) is 5.75 Å². The molecule has 4 heteroatoms. The van der Waals surface area contributed by atoms with Crippen LogP contribution in [0.1, 0.15) is 29.2 Å². The number of nitrogens with two attached hydrogens (primary N) is 1. The lowest BCUT2D eigenvalue weighted by Crippen LogP contribution is -2.20. The van der Waals surface area contributed by atoms with Crippen molar-refractivity contribution in [1.29, 1.82) is 0 Å². The van der Waals surface area contributed by atoms with E-state index in [1.165, 1.54) is 28.0 Å². The van der Waals surface area contributed by atoms with Gasteiger partial charge in [0.15, 0.2) is 5.13 Å². The third-order valence-electron chi connectivity index (χ3n) is 4.78. The summed E-state index contributed by atoms with van der Waals surface area (Å²) in [7, 11) is 1.69. The van der Waals surface area contributed by atoms with Crippen molar-refractivity contribution in [3.05, 3.63) is 82.9 Å². The Morgan fingerprint density at radius 3 is 2.44 bits per heavy atom. The fraction of sp³-hybridized carbons (Fsp3) is 0.190. The van der Waals surface area contributed by atoms with Crippen LogP contribution in [-0.4, -0.2) is 12.1 Å². The van der Waals surface area contributed by atoms with Crippen LogP contribution in [-0.2, 0) is 0 Å². The van der Waals surface area contributed by atoms with Gasteiger partial charge in [0, 0.05) is 11.3 Å². The first kappa shape index (κ1) is 15.9. The molecular weight excluding hydrogens is 328 g/mol. The summed E-state index contributed by atoms with van der Waals surface area (Å²) in [6.07, 6.45) is 3.43. The highest BCUT2D eigenvalue weighted by Crippen LogP contribution is 2.45. The molecule has 2 N–H and O–H groups in total. The number of anilines is 1. The largest absolute Gasteiger partial charge is 0.497 e. The van der Waals surface area contributed by atoms with E-state index in [1.807, 2.05) is 12.1 Å². The number of rotatable bonds is 5. The first-order valence-corrected chi connectivity index (χ1v) is 9.23. The Bertz CT molecular complexity index is 884. The second kappa shape index (κ2) is 6.73. The summed E-state index contributed by atoms with van der Waals surface area (Å²) >= 11 is 1.51. The molecule has 0 amide bonds. The minimum Gasteiger partial charge on any atom is -0.497 e. The first-order chi connectivity index (χ1) is 12.2. The molecule has 2 aromatic carbocycles. The van der Waals surface area contributed by atoms with Gasteiger partial charge in [-0.15, -0.1) is 11.3 Å². The van der Waals surface area contributed by atoms with Crippen molar-refractivity contribution < 1.29 is 4.74 Å². The number of hydrogen-bond acceptors (Lipinski definition) is 4. The van der Waals surface area contributed by atoms with Crippen LogP contribution in [0.25, 0.3) is 5.57 Å². The van der Waals surface area contributed by atoms with Crippen molar-refractivity contribution >= 4 is 22.0 Å². The average Bonchev–Trinajstić information content (AvgIpc) is 3.04. The molecule has 0 radical (unpaired) electrons. The van der Waals surface area contributed by atoms with Crippen LogP contribution in [0.4, 0.5) is 5.13 Å². The van der Waals surface area contributed by atoms with Crippen LogP contribution in [0, 0.1) is 5.92 Å². The lowest BCUT2D eigenvalue weighted by molar-refractivity contribution is 0.414. The van der Waals surface area contributed by atoms with Crippen molar-refractivity contribution in [2.75, 3.05) is 12.8 Å². The van der Waals surface area contributed by atoms with Gasteiger partial charge in [-0.05, 0) is 41.2 Å². The van der Waals surface area contributed by atoms with Crippen LogP contribution < -0.4 is 10.5 Å². The second-order valence-corrected chi connectivity index (χ2v) is 7.18. The molecule has 3 aromatic rings. The highest BCUT2D eigenvalue weighted by molar-refractivity contribution is 7.13. The van der Waals surface area contributed by atoms with Crippen molar-refractivity contribution in [2.45, 2.75) is 12.3 Å². The van der Waals surface area contributed by atoms with E-state index < -0.39 is 0 Å². The van der Waals surface area contributed by atoms with Gasteiger partial charge in [0.2, 0.25) is 0 Å². The van der Waals surface area contributed by atoms with Gasteiger partial charge in [0.05, 0.1) is 12.8 Å². The number of ether oxygens (including phenoxy) is 1. The summed E-state index contributed by atoms with van der Waals surface area (Å²) in [4.78, 5) is 4.57. The molecule has 1 aromatic heterocycles. The third-order valence-corrected chi connectivity index (χ3v) is 5.47. The summed E-state index contributed by atoms with van der Waals surface area (Å²) in [6.45, 7) is 0. The standard InChI is InChI=1S/C21H20N2OS/c1-24-18-9-7-15(8-10-18)20(19-13-25-21(22)23-19)17-11-16(12-17)14-5-3-2-4-6-14/h2-11,13,17,20H,12H2,1H3,(H2,22,23). The molecule has 1 aliphatic carbocycles. The molecule has 0 fully saturated rings. The van der Waals surface area contributed by atoms with E-state index in [0.717, 1.165) is 17.9 Å². The molecule has 0 aliphatic heterocycles. The van der Waals surface area contributed by atoms with Gasteiger partial charge in [-0.3, -0.25) is 0 Å². The number of benzene rings is 2. The minimum absolute atomic E-state index is 0.229. The number of thiazole rings is 1. The summed E-state index contributed by atoms with van der Waals surface area (Å²) in [6, 6.07) is 18.9. The van der Waals surface area contributed by atoms with E-state index in [0.29, 0.717) is 11.0 Å². The number of nitrogens with zero attached hydrogens (tertiary/aromatic N) is 1. The number of methoxy groups -OCH3 is 1. The van der Waals surface area contributed by atoms with E-state index in [9.17, 15) is 0 Å². The second-order valence-electron chi connectivity index (χ2n) is 6.29. The maximum atomic E-state index is 5.89. The van der Waals surface area contributed by atoms with E-state index >= 15 is 0 Å². The molecule has 2 unspecified atom stereocenters. The summed E-state index contributed by atoms with van der Waals surface area (Å²) in [5.41, 5.74) is 10.9. The monoisotopic (exact) mass is 348 g/mol. The van der Waals surface area contributed by atoms with Crippen LogP contribution >= 0.6 is 11.3 Å². The zero-order valence-electron chi connectivity index (χ0n) is 14.1. The molecule has 2 atom stereocenters. The average molecular weight is 348 g/mol. The van der Waals surface area contributed by atoms with Crippen LogP contribution in [0.5, 0.6) is 5.75 Å². The fourth-order valence-corrected chi connectivity index (χ4v) is 4.05. The number of aromatic nitrogens is 1. The lowest BCUT2D eigenvalue weighted by atomic mass is 9.71. The maximum Gasteiger partial charge on any atom is 0.180 e. The van der Waals surface area contributed by atoms with Crippen LogP contribution in [0.3, 0.4) is 0 Å². The zero-order chi connectivity index (χ0) is 17.2. The van der Waals surface area contributed by atoms with Crippen molar-refractivity contribution in [3.63, 3.8) is 0 Å². The third kappa shape index (κ3) is 3.17. The highest BCUT2D eigenvalue weighted by Gasteiger charge is 2.32. The van der Waals surface area contributed by atoms with E-state index in [-0.39, 0.29) is 5.92 Å². The van der Waals surface area contributed by atoms with Gasteiger partial charge >= 0.3 is 0 Å². The van der Waals surface area contributed by atoms with Gasteiger partial charge in [0.1, 0.15) is 5.75 Å². The van der Waals surface area contributed by atoms with E-state index in [2.05, 4.69) is 58.9 Å². The van der Waals surface area contributed by atoms with Gasteiger partial charge in [-0.25, -0.2) is 4.98 Å². The van der Waals surface area contributed by atoms with Crippen LogP contribution in [0.2, 0.25) is 0 Å². The van der Waals surface area contributed by atoms with Crippen LogP contribution in [0.15, 0.2) is 66.1 Å². The van der Waals surface area contributed by atoms with E-state index in [4.69, 9.17) is 10.5 Å². The normalized spacial score (nSPS) is 17.5. The molecule has 0 saturated heterocycles. The molecule has 0 saturated carbocycles. The summed E-state index contributed by atoms with van der Waals surface area (Å²) in [5, 5.41) is 2.71. The maximum absolute atomic E-state index is 5.89. The number of allylic oxidation sites excluding steroid dienone is 2.